The summed E-state index contributed by atoms with van der Waals surface area (Å²) in [5.41, 5.74) is 12.5. The lowest BCUT2D eigenvalue weighted by Crippen LogP contribution is -2.26. The van der Waals surface area contributed by atoms with Crippen LogP contribution in [0.5, 0.6) is 0 Å². The molecule has 10 rings (SSSR count). The minimum absolute atomic E-state index is 0.0793. The maximum Gasteiger partial charge on any atom is 0.0582 e. The molecule has 1 aliphatic rings. The zero-order chi connectivity index (χ0) is 32.7. The average Bonchev–Trinajstić information content (AvgIpc) is 3.49. The van der Waals surface area contributed by atoms with Gasteiger partial charge in [0.2, 0.25) is 0 Å². The minimum Gasteiger partial charge on any atom is -0.309 e. The van der Waals surface area contributed by atoms with Crippen molar-refractivity contribution >= 4 is 60.4 Å². The van der Waals surface area contributed by atoms with Crippen LogP contribution in [0, 0.1) is 0 Å². The van der Waals surface area contributed by atoms with Gasteiger partial charge in [0.15, 0.2) is 0 Å². The molecule has 49 heavy (non-hydrogen) atoms. The van der Waals surface area contributed by atoms with Gasteiger partial charge in [0.25, 0.3) is 0 Å². The molecule has 2 heteroatoms. The fourth-order valence-corrected chi connectivity index (χ4v) is 8.45. The summed E-state index contributed by atoms with van der Waals surface area (Å²) < 4.78 is 2.49. The van der Waals surface area contributed by atoms with Gasteiger partial charge in [0, 0.05) is 32.6 Å². The van der Waals surface area contributed by atoms with Gasteiger partial charge in [-0.2, -0.15) is 0 Å². The van der Waals surface area contributed by atoms with Crippen LogP contribution in [0.3, 0.4) is 0 Å². The second-order valence-electron chi connectivity index (χ2n) is 13.8. The predicted molar refractivity (Wildman–Crippen MR) is 208 cm³/mol. The molecular weight excluding hydrogens is 593 g/mol. The Kier molecular flexibility index (Phi) is 5.95. The number of nitrogens with zero attached hydrogens (tertiary/aromatic N) is 2. The first kappa shape index (κ1) is 27.9. The Bertz CT molecular complexity index is 2740. The standard InChI is InChI=1S/C47H34N2/c1-47(2)40-22-10-11-24-45(40)49-44-28-26-32(30-39(44)38-21-13-23-41(47)46(38)49)34-27-29-43(37-20-9-8-19-36(34)37)48(33-16-4-3-5-17-33)42-25-12-15-31-14-6-7-18-35(31)42/h3-30H,1-2H3. The third kappa shape index (κ3) is 4.01. The molecule has 1 aromatic heterocycles. The molecule has 9 aromatic rings. The van der Waals surface area contributed by atoms with Crippen LogP contribution in [0.4, 0.5) is 17.1 Å². The van der Waals surface area contributed by atoms with Gasteiger partial charge < -0.3 is 9.47 Å². The van der Waals surface area contributed by atoms with Crippen LogP contribution in [0.1, 0.15) is 25.0 Å². The number of fused-ring (bicyclic) bond motifs is 7. The predicted octanol–water partition coefficient (Wildman–Crippen LogP) is 12.9. The zero-order valence-electron chi connectivity index (χ0n) is 27.6. The molecule has 2 nitrogen and oxygen atoms in total. The van der Waals surface area contributed by atoms with Crippen LogP contribution in [-0.2, 0) is 5.41 Å². The summed E-state index contributed by atoms with van der Waals surface area (Å²) in [7, 11) is 0. The monoisotopic (exact) mass is 626 g/mol. The van der Waals surface area contributed by atoms with Crippen LogP contribution in [0.15, 0.2) is 170 Å². The van der Waals surface area contributed by atoms with Crippen molar-refractivity contribution in [1.29, 1.82) is 0 Å². The van der Waals surface area contributed by atoms with Crippen LogP contribution in [0.25, 0.3) is 60.2 Å². The highest BCUT2D eigenvalue weighted by Crippen LogP contribution is 2.49. The summed E-state index contributed by atoms with van der Waals surface area (Å²) in [6.45, 7) is 4.72. The minimum atomic E-state index is -0.0793. The third-order valence-corrected chi connectivity index (χ3v) is 10.8. The van der Waals surface area contributed by atoms with Gasteiger partial charge in [-0.3, -0.25) is 0 Å². The Labute approximate surface area is 286 Å². The van der Waals surface area contributed by atoms with Crippen LogP contribution >= 0.6 is 0 Å². The molecule has 0 aliphatic carbocycles. The Morgan fingerprint density at radius 2 is 1.12 bits per heavy atom. The van der Waals surface area contributed by atoms with E-state index >= 15 is 0 Å². The van der Waals surface area contributed by atoms with Crippen molar-refractivity contribution < 1.29 is 0 Å². The van der Waals surface area contributed by atoms with Gasteiger partial charge in [0.1, 0.15) is 0 Å². The van der Waals surface area contributed by atoms with E-state index < -0.39 is 0 Å². The highest BCUT2D eigenvalue weighted by atomic mass is 15.1. The molecular formula is C47H34N2. The number of rotatable bonds is 4. The van der Waals surface area contributed by atoms with E-state index in [1.807, 2.05) is 0 Å². The SMILES string of the molecule is CC1(C)c2ccccc2-n2c3ccc(-c4ccc(N(c5ccccc5)c5cccc6ccccc56)c5ccccc45)cc3c3cccc1c32. The summed E-state index contributed by atoms with van der Waals surface area (Å²) in [4.78, 5) is 2.42. The van der Waals surface area contributed by atoms with Crippen LogP contribution in [0.2, 0.25) is 0 Å². The second-order valence-corrected chi connectivity index (χ2v) is 13.8. The summed E-state index contributed by atoms with van der Waals surface area (Å²) in [5, 5.41) is 7.51. The molecule has 0 spiro atoms. The Morgan fingerprint density at radius 1 is 0.469 bits per heavy atom. The molecule has 0 radical (unpaired) electrons. The smallest absolute Gasteiger partial charge is 0.0582 e. The molecule has 0 saturated carbocycles. The topological polar surface area (TPSA) is 8.17 Å². The van der Waals surface area contributed by atoms with Crippen molar-refractivity contribution in [2.75, 3.05) is 4.90 Å². The fourth-order valence-electron chi connectivity index (χ4n) is 8.45. The molecule has 0 amide bonds. The maximum atomic E-state index is 2.49. The maximum absolute atomic E-state index is 2.49. The molecule has 0 atom stereocenters. The third-order valence-electron chi connectivity index (χ3n) is 10.8. The van der Waals surface area contributed by atoms with Gasteiger partial charge in [-0.1, -0.05) is 141 Å². The van der Waals surface area contributed by atoms with E-state index in [0.29, 0.717) is 0 Å². The largest absolute Gasteiger partial charge is 0.309 e. The lowest BCUT2D eigenvalue weighted by atomic mass is 9.75. The van der Waals surface area contributed by atoms with E-state index in [2.05, 4.69) is 193 Å². The first-order valence-corrected chi connectivity index (χ1v) is 17.1. The van der Waals surface area contributed by atoms with E-state index in [9.17, 15) is 0 Å². The van der Waals surface area contributed by atoms with Gasteiger partial charge >= 0.3 is 0 Å². The summed E-state index contributed by atoms with van der Waals surface area (Å²) in [6, 6.07) is 62.3. The number of para-hydroxylation sites is 3. The van der Waals surface area contributed by atoms with E-state index in [1.165, 1.54) is 77.0 Å². The Balaban J connectivity index is 1.21. The Morgan fingerprint density at radius 3 is 2.00 bits per heavy atom. The molecule has 0 N–H and O–H groups in total. The van der Waals surface area contributed by atoms with E-state index in [4.69, 9.17) is 0 Å². The van der Waals surface area contributed by atoms with Crippen molar-refractivity contribution in [3.8, 4) is 16.8 Å². The average molecular weight is 627 g/mol. The van der Waals surface area contributed by atoms with E-state index in [-0.39, 0.29) is 5.41 Å². The van der Waals surface area contributed by atoms with Gasteiger partial charge in [-0.05, 0) is 75.5 Å². The number of hydrogen-bond acceptors (Lipinski definition) is 1. The number of anilines is 3. The molecule has 0 bridgehead atoms. The van der Waals surface area contributed by atoms with Crippen molar-refractivity contribution in [3.05, 3.63) is 181 Å². The van der Waals surface area contributed by atoms with Gasteiger partial charge in [-0.25, -0.2) is 0 Å². The van der Waals surface area contributed by atoms with Crippen LogP contribution < -0.4 is 4.90 Å². The van der Waals surface area contributed by atoms with Crippen molar-refractivity contribution in [3.63, 3.8) is 0 Å². The molecule has 0 fully saturated rings. The first-order valence-electron chi connectivity index (χ1n) is 17.1. The van der Waals surface area contributed by atoms with Gasteiger partial charge in [-0.15, -0.1) is 0 Å². The normalized spacial score (nSPS) is 13.3. The van der Waals surface area contributed by atoms with Crippen LogP contribution in [-0.4, -0.2) is 4.57 Å². The highest BCUT2D eigenvalue weighted by molar-refractivity contribution is 6.14. The van der Waals surface area contributed by atoms with Crippen molar-refractivity contribution in [1.82, 2.24) is 4.57 Å². The molecule has 0 saturated heterocycles. The second kappa shape index (κ2) is 10.4. The van der Waals surface area contributed by atoms with E-state index in [1.54, 1.807) is 0 Å². The Hall–Kier alpha value is -6.12. The summed E-state index contributed by atoms with van der Waals surface area (Å²) in [5.74, 6) is 0. The number of benzene rings is 8. The number of aromatic nitrogens is 1. The lowest BCUT2D eigenvalue weighted by Gasteiger charge is -2.34. The van der Waals surface area contributed by atoms with Crippen molar-refractivity contribution in [2.45, 2.75) is 19.3 Å². The summed E-state index contributed by atoms with van der Waals surface area (Å²) in [6.07, 6.45) is 0. The van der Waals surface area contributed by atoms with Crippen molar-refractivity contribution in [2.24, 2.45) is 0 Å². The highest BCUT2D eigenvalue weighted by Gasteiger charge is 2.34. The molecule has 1 aliphatic heterocycles. The van der Waals surface area contributed by atoms with E-state index in [0.717, 1.165) is 11.4 Å². The lowest BCUT2D eigenvalue weighted by molar-refractivity contribution is 0.630. The quantitative estimate of drug-likeness (QED) is 0.189. The molecule has 2 heterocycles. The molecule has 0 unspecified atom stereocenters. The molecule has 8 aromatic carbocycles. The summed E-state index contributed by atoms with van der Waals surface area (Å²) >= 11 is 0. The van der Waals surface area contributed by atoms with Gasteiger partial charge in [0.05, 0.1) is 28.1 Å². The number of hydrogen-bond donors (Lipinski definition) is 0. The first-order chi connectivity index (χ1) is 24.1. The fraction of sp³-hybridized carbons (Fsp3) is 0.0638. The molecule has 232 valence electrons. The zero-order valence-corrected chi connectivity index (χ0v) is 27.6.